The summed E-state index contributed by atoms with van der Waals surface area (Å²) in [7, 11) is 0. The van der Waals surface area contributed by atoms with E-state index in [-0.39, 0.29) is 0 Å². The molecule has 3 heteroatoms. The van der Waals surface area contributed by atoms with Crippen molar-refractivity contribution in [2.45, 2.75) is 6.92 Å². The summed E-state index contributed by atoms with van der Waals surface area (Å²) in [6.45, 7) is 1.87. The molecule has 1 N–H and O–H groups in total. The molecule has 9 heavy (non-hydrogen) atoms. The van der Waals surface area contributed by atoms with Crippen LogP contribution in [0.2, 0.25) is 0 Å². The fourth-order valence-electron chi connectivity index (χ4n) is 0.215. The first kappa shape index (κ1) is 8.24. The van der Waals surface area contributed by atoms with E-state index < -0.39 is 0 Å². The van der Waals surface area contributed by atoms with Gasteiger partial charge in [-0.3, -0.25) is 0 Å². The number of allylic oxidation sites excluding steroid dienone is 1. The number of imidazole rings is 1. The van der Waals surface area contributed by atoms with Crippen LogP contribution >= 0.6 is 11.6 Å². The van der Waals surface area contributed by atoms with Gasteiger partial charge in [0.1, 0.15) is 0 Å². The Bertz CT molecular complexity index is 114. The fraction of sp³-hybridized carbons (Fsp3) is 0.167. The predicted molar refractivity (Wildman–Crippen MR) is 39.3 cm³/mol. The van der Waals surface area contributed by atoms with Crippen molar-refractivity contribution in [3.8, 4) is 0 Å². The van der Waals surface area contributed by atoms with Gasteiger partial charge < -0.3 is 4.98 Å². The molecule has 1 aromatic rings. The molecule has 2 nitrogen and oxygen atoms in total. The fourth-order valence-corrected chi connectivity index (χ4v) is 0.215. The SMILES string of the molecule is CC=CCl.c1c[nH]cn1. The van der Waals surface area contributed by atoms with Gasteiger partial charge in [0, 0.05) is 12.4 Å². The molecular formula is C6H9ClN2. The molecule has 0 bridgehead atoms. The van der Waals surface area contributed by atoms with Gasteiger partial charge >= 0.3 is 0 Å². The van der Waals surface area contributed by atoms with Crippen LogP contribution in [0.1, 0.15) is 6.92 Å². The number of hydrogen-bond donors (Lipinski definition) is 1. The van der Waals surface area contributed by atoms with Gasteiger partial charge in [0.2, 0.25) is 0 Å². The molecule has 0 saturated carbocycles. The highest BCUT2D eigenvalue weighted by Gasteiger charge is 1.56. The lowest BCUT2D eigenvalue weighted by Gasteiger charge is -1.46. The second-order valence-electron chi connectivity index (χ2n) is 1.22. The number of halogens is 1. The Morgan fingerprint density at radius 3 is 2.44 bits per heavy atom. The Morgan fingerprint density at radius 1 is 1.67 bits per heavy atom. The van der Waals surface area contributed by atoms with Gasteiger partial charge in [-0.05, 0) is 12.5 Å². The highest BCUT2D eigenvalue weighted by Crippen LogP contribution is 1.70. The largest absolute Gasteiger partial charge is 0.351 e. The zero-order chi connectivity index (χ0) is 6.95. The molecule has 0 fully saturated rings. The van der Waals surface area contributed by atoms with Crippen molar-refractivity contribution in [3.05, 3.63) is 30.3 Å². The summed E-state index contributed by atoms with van der Waals surface area (Å²) in [6, 6.07) is 0. The van der Waals surface area contributed by atoms with Crippen LogP contribution in [-0.4, -0.2) is 9.97 Å². The second kappa shape index (κ2) is 7.24. The molecule has 0 atom stereocenters. The van der Waals surface area contributed by atoms with Gasteiger partial charge in [-0.25, -0.2) is 4.98 Å². The highest BCUT2D eigenvalue weighted by atomic mass is 35.5. The van der Waals surface area contributed by atoms with Crippen LogP contribution in [0.4, 0.5) is 0 Å². The quantitative estimate of drug-likeness (QED) is 0.594. The number of aromatic amines is 1. The third kappa shape index (κ3) is 7.24. The van der Waals surface area contributed by atoms with Crippen LogP contribution in [0.5, 0.6) is 0 Å². The molecule has 0 radical (unpaired) electrons. The summed E-state index contributed by atoms with van der Waals surface area (Å²) >= 11 is 5.01. The molecule has 0 aromatic carbocycles. The molecular weight excluding hydrogens is 136 g/mol. The Kier molecular flexibility index (Phi) is 6.63. The van der Waals surface area contributed by atoms with Crippen LogP contribution in [0.25, 0.3) is 0 Å². The van der Waals surface area contributed by atoms with E-state index in [1.165, 1.54) is 5.54 Å². The maximum atomic E-state index is 5.01. The number of nitrogens with one attached hydrogen (secondary N) is 1. The third-order valence-corrected chi connectivity index (χ3v) is 0.784. The highest BCUT2D eigenvalue weighted by molar-refractivity contribution is 6.25. The zero-order valence-corrected chi connectivity index (χ0v) is 5.97. The molecule has 1 aromatic heterocycles. The lowest BCUT2D eigenvalue weighted by Crippen LogP contribution is -1.44. The van der Waals surface area contributed by atoms with Crippen molar-refractivity contribution < 1.29 is 0 Å². The lowest BCUT2D eigenvalue weighted by molar-refractivity contribution is 1.31. The van der Waals surface area contributed by atoms with Gasteiger partial charge in [0.05, 0.1) is 6.33 Å². The zero-order valence-electron chi connectivity index (χ0n) is 5.21. The average molecular weight is 145 g/mol. The summed E-state index contributed by atoms with van der Waals surface area (Å²) < 4.78 is 0. The Morgan fingerprint density at radius 2 is 2.33 bits per heavy atom. The molecule has 0 aliphatic carbocycles. The number of aromatic nitrogens is 2. The van der Waals surface area contributed by atoms with E-state index in [1.54, 1.807) is 24.8 Å². The first-order valence-corrected chi connectivity index (χ1v) is 2.99. The van der Waals surface area contributed by atoms with E-state index in [0.717, 1.165) is 0 Å². The van der Waals surface area contributed by atoms with Crippen molar-refractivity contribution in [2.75, 3.05) is 0 Å². The monoisotopic (exact) mass is 144 g/mol. The average Bonchev–Trinajstić information content (AvgIpc) is 2.43. The van der Waals surface area contributed by atoms with E-state index in [1.807, 2.05) is 6.92 Å². The van der Waals surface area contributed by atoms with Gasteiger partial charge in [-0.2, -0.15) is 0 Å². The maximum Gasteiger partial charge on any atom is 0.0919 e. The molecule has 1 heterocycles. The number of rotatable bonds is 0. The number of hydrogen-bond acceptors (Lipinski definition) is 1. The molecule has 0 amide bonds. The summed E-state index contributed by atoms with van der Waals surface area (Å²) in [5, 5.41) is 0. The molecule has 0 aliphatic heterocycles. The maximum absolute atomic E-state index is 5.01. The first-order chi connectivity index (χ1) is 4.41. The van der Waals surface area contributed by atoms with E-state index in [9.17, 15) is 0 Å². The van der Waals surface area contributed by atoms with E-state index in [4.69, 9.17) is 11.6 Å². The molecule has 1 rings (SSSR count). The van der Waals surface area contributed by atoms with E-state index in [0.29, 0.717) is 0 Å². The number of H-pyrrole nitrogens is 1. The molecule has 0 unspecified atom stereocenters. The van der Waals surface area contributed by atoms with Crippen LogP contribution < -0.4 is 0 Å². The summed E-state index contributed by atoms with van der Waals surface area (Å²) in [4.78, 5) is 6.42. The summed E-state index contributed by atoms with van der Waals surface area (Å²) in [5.74, 6) is 0. The molecule has 0 spiro atoms. The molecule has 0 aliphatic rings. The first-order valence-electron chi connectivity index (χ1n) is 2.56. The summed E-state index contributed by atoms with van der Waals surface area (Å²) in [5.41, 5.74) is 1.47. The normalized spacial score (nSPS) is 8.67. The van der Waals surface area contributed by atoms with Crippen molar-refractivity contribution in [1.82, 2.24) is 9.97 Å². The minimum absolute atomic E-state index is 1.47. The van der Waals surface area contributed by atoms with Gasteiger partial charge in [0.15, 0.2) is 0 Å². The Labute approximate surface area is 59.6 Å². The predicted octanol–water partition coefficient (Wildman–Crippen LogP) is 2.17. The Hall–Kier alpha value is -0.760. The third-order valence-electron chi connectivity index (χ3n) is 0.532. The van der Waals surface area contributed by atoms with Crippen molar-refractivity contribution >= 4 is 11.6 Å². The second-order valence-corrected chi connectivity index (χ2v) is 1.47. The van der Waals surface area contributed by atoms with Gasteiger partial charge in [-0.15, -0.1) is 0 Å². The minimum atomic E-state index is 1.47. The van der Waals surface area contributed by atoms with Crippen LogP contribution in [-0.2, 0) is 0 Å². The smallest absolute Gasteiger partial charge is 0.0919 e. The minimum Gasteiger partial charge on any atom is -0.351 e. The van der Waals surface area contributed by atoms with E-state index in [2.05, 4.69) is 9.97 Å². The van der Waals surface area contributed by atoms with Gasteiger partial charge in [0.25, 0.3) is 0 Å². The van der Waals surface area contributed by atoms with Crippen LogP contribution in [0, 0.1) is 0 Å². The lowest BCUT2D eigenvalue weighted by atomic mass is 10.8. The topological polar surface area (TPSA) is 28.7 Å². The van der Waals surface area contributed by atoms with Crippen molar-refractivity contribution in [1.29, 1.82) is 0 Å². The van der Waals surface area contributed by atoms with Crippen molar-refractivity contribution in [2.24, 2.45) is 0 Å². The van der Waals surface area contributed by atoms with Crippen LogP contribution in [0.15, 0.2) is 30.3 Å². The van der Waals surface area contributed by atoms with E-state index >= 15 is 0 Å². The molecule has 0 saturated heterocycles. The Balaban J connectivity index is 0.000000148. The van der Waals surface area contributed by atoms with Crippen LogP contribution in [0.3, 0.4) is 0 Å². The van der Waals surface area contributed by atoms with Gasteiger partial charge in [-0.1, -0.05) is 17.7 Å². The van der Waals surface area contributed by atoms with Crippen molar-refractivity contribution in [3.63, 3.8) is 0 Å². The summed E-state index contributed by atoms with van der Waals surface area (Å²) in [6.07, 6.45) is 6.85. The number of nitrogens with zero attached hydrogens (tertiary/aromatic N) is 1. The molecule has 50 valence electrons. The standard InChI is InChI=1S/C3H5Cl.C3H4N2/c1-2-3-4;1-2-5-3-4-1/h2-3H,1H3;1-3H,(H,4,5).